The molecule has 0 spiro atoms. The molecule has 0 unspecified atom stereocenters. The number of amides is 1. The van der Waals surface area contributed by atoms with Crippen LogP contribution in [0.5, 0.6) is 11.5 Å². The second-order valence-corrected chi connectivity index (χ2v) is 5.75. The second-order valence-electron chi connectivity index (χ2n) is 4.96. The lowest BCUT2D eigenvalue weighted by atomic mass is 10.2. The van der Waals surface area contributed by atoms with Crippen LogP contribution >= 0.6 is 11.3 Å². The lowest BCUT2D eigenvalue weighted by Gasteiger charge is -2.13. The first-order valence-electron chi connectivity index (χ1n) is 7.03. The molecular weight excluding hydrogens is 318 g/mol. The highest BCUT2D eigenvalue weighted by Crippen LogP contribution is 2.32. The van der Waals surface area contributed by atoms with Crippen LogP contribution < -0.4 is 14.8 Å². The zero-order valence-corrected chi connectivity index (χ0v) is 13.2. The van der Waals surface area contributed by atoms with Gasteiger partial charge in [-0.15, -0.1) is 0 Å². The van der Waals surface area contributed by atoms with E-state index in [4.69, 9.17) is 14.2 Å². The number of ether oxygens (including phenoxy) is 3. The molecule has 1 atom stereocenters. The summed E-state index contributed by atoms with van der Waals surface area (Å²) in [4.78, 5) is 23.8. The van der Waals surface area contributed by atoms with Crippen molar-refractivity contribution in [2.75, 3.05) is 6.79 Å². The smallest absolute Gasteiger partial charge is 0.339 e. The second kappa shape index (κ2) is 6.70. The molecule has 1 aliphatic heterocycles. The number of esters is 1. The van der Waals surface area contributed by atoms with Crippen molar-refractivity contribution in [1.29, 1.82) is 0 Å². The molecule has 120 valence electrons. The maximum atomic E-state index is 12.0. The molecule has 1 aromatic heterocycles. The van der Waals surface area contributed by atoms with Crippen molar-refractivity contribution < 1.29 is 23.8 Å². The predicted octanol–water partition coefficient (Wildman–Crippen LogP) is 2.34. The van der Waals surface area contributed by atoms with E-state index in [2.05, 4.69) is 5.32 Å². The fourth-order valence-electron chi connectivity index (χ4n) is 2.05. The molecular formula is C16H15NO5S. The Morgan fingerprint density at radius 3 is 2.91 bits per heavy atom. The van der Waals surface area contributed by atoms with Crippen molar-refractivity contribution in [2.45, 2.75) is 19.6 Å². The molecule has 0 bridgehead atoms. The molecule has 7 heteroatoms. The first-order valence-corrected chi connectivity index (χ1v) is 7.97. The van der Waals surface area contributed by atoms with E-state index < -0.39 is 12.1 Å². The highest BCUT2D eigenvalue weighted by molar-refractivity contribution is 7.08. The molecule has 0 saturated carbocycles. The van der Waals surface area contributed by atoms with Gasteiger partial charge in [-0.25, -0.2) is 4.79 Å². The minimum Gasteiger partial charge on any atom is -0.454 e. The standard InChI is InChI=1S/C16H15NO5S/c1-10(22-16(19)12-4-5-23-8-12)15(18)17-7-11-2-3-13-14(6-11)21-9-20-13/h2-6,8,10H,7,9H2,1H3,(H,17,18)/t10-/m1/s1. The van der Waals surface area contributed by atoms with Crippen LogP contribution in [0.4, 0.5) is 0 Å². The minimum atomic E-state index is -0.864. The number of benzene rings is 1. The van der Waals surface area contributed by atoms with Crippen LogP contribution in [0.15, 0.2) is 35.0 Å². The molecule has 0 radical (unpaired) electrons. The highest BCUT2D eigenvalue weighted by Gasteiger charge is 2.19. The van der Waals surface area contributed by atoms with Gasteiger partial charge in [-0.3, -0.25) is 4.79 Å². The molecule has 23 heavy (non-hydrogen) atoms. The van der Waals surface area contributed by atoms with Gasteiger partial charge in [0, 0.05) is 11.9 Å². The van der Waals surface area contributed by atoms with Crippen molar-refractivity contribution >= 4 is 23.2 Å². The van der Waals surface area contributed by atoms with Crippen LogP contribution in [0.2, 0.25) is 0 Å². The van der Waals surface area contributed by atoms with Crippen LogP contribution in [-0.2, 0) is 16.1 Å². The summed E-state index contributed by atoms with van der Waals surface area (Å²) in [6.45, 7) is 2.07. The van der Waals surface area contributed by atoms with Gasteiger partial charge in [-0.1, -0.05) is 6.07 Å². The largest absolute Gasteiger partial charge is 0.454 e. The lowest BCUT2D eigenvalue weighted by molar-refractivity contribution is -0.129. The van der Waals surface area contributed by atoms with E-state index in [1.165, 1.54) is 11.3 Å². The number of nitrogens with one attached hydrogen (secondary N) is 1. The fraction of sp³-hybridized carbons (Fsp3) is 0.250. The SMILES string of the molecule is C[C@@H](OC(=O)c1ccsc1)C(=O)NCc1ccc2c(c1)OCO2. The Hall–Kier alpha value is -2.54. The van der Waals surface area contributed by atoms with Crippen molar-refractivity contribution in [2.24, 2.45) is 0 Å². The average Bonchev–Trinajstić information content (AvgIpc) is 3.22. The Balaban J connectivity index is 1.51. The Kier molecular flexibility index (Phi) is 4.47. The summed E-state index contributed by atoms with van der Waals surface area (Å²) in [6.07, 6.45) is -0.864. The lowest BCUT2D eigenvalue weighted by Crippen LogP contribution is -2.35. The van der Waals surface area contributed by atoms with Crippen molar-refractivity contribution in [3.8, 4) is 11.5 Å². The maximum absolute atomic E-state index is 12.0. The first-order chi connectivity index (χ1) is 11.1. The van der Waals surface area contributed by atoms with Crippen molar-refractivity contribution in [1.82, 2.24) is 5.32 Å². The van der Waals surface area contributed by atoms with Gasteiger partial charge >= 0.3 is 5.97 Å². The van der Waals surface area contributed by atoms with Gasteiger partial charge in [-0.05, 0) is 36.1 Å². The highest BCUT2D eigenvalue weighted by atomic mass is 32.1. The maximum Gasteiger partial charge on any atom is 0.339 e. The van der Waals surface area contributed by atoms with Crippen molar-refractivity contribution in [3.63, 3.8) is 0 Å². The normalized spacial score (nSPS) is 13.4. The van der Waals surface area contributed by atoms with Crippen LogP contribution in [0, 0.1) is 0 Å². The third-order valence-corrected chi connectivity index (χ3v) is 4.00. The summed E-state index contributed by atoms with van der Waals surface area (Å²) in [6, 6.07) is 7.11. The van der Waals surface area contributed by atoms with Crippen LogP contribution in [0.1, 0.15) is 22.8 Å². The van der Waals surface area contributed by atoms with Crippen molar-refractivity contribution in [3.05, 3.63) is 46.2 Å². The van der Waals surface area contributed by atoms with Crippen LogP contribution in [0.25, 0.3) is 0 Å². The number of carbonyl (C=O) groups is 2. The minimum absolute atomic E-state index is 0.209. The zero-order chi connectivity index (χ0) is 16.2. The number of thiophene rings is 1. The molecule has 0 saturated heterocycles. The summed E-state index contributed by atoms with van der Waals surface area (Å²) in [7, 11) is 0. The molecule has 3 rings (SSSR count). The molecule has 1 amide bonds. The summed E-state index contributed by atoms with van der Waals surface area (Å²) < 4.78 is 15.6. The van der Waals surface area contributed by atoms with Gasteiger partial charge in [0.25, 0.3) is 5.91 Å². The van der Waals surface area contributed by atoms with Gasteiger partial charge in [0.2, 0.25) is 6.79 Å². The molecule has 0 fully saturated rings. The third kappa shape index (κ3) is 3.62. The van der Waals surface area contributed by atoms with E-state index >= 15 is 0 Å². The van der Waals surface area contributed by atoms with E-state index in [-0.39, 0.29) is 12.7 Å². The monoisotopic (exact) mass is 333 g/mol. The van der Waals surface area contributed by atoms with E-state index in [0.717, 1.165) is 5.56 Å². The summed E-state index contributed by atoms with van der Waals surface area (Å²) in [5, 5.41) is 6.19. The Morgan fingerprint density at radius 2 is 2.13 bits per heavy atom. The zero-order valence-electron chi connectivity index (χ0n) is 12.4. The molecule has 2 aromatic rings. The van der Waals surface area contributed by atoms with E-state index in [9.17, 15) is 9.59 Å². The summed E-state index contributed by atoms with van der Waals surface area (Å²) in [5.74, 6) is 0.495. The molecule has 1 aliphatic rings. The first kappa shape index (κ1) is 15.4. The van der Waals surface area contributed by atoms with Crippen LogP contribution in [0.3, 0.4) is 0 Å². The van der Waals surface area contributed by atoms with E-state index in [1.807, 2.05) is 12.1 Å². The van der Waals surface area contributed by atoms with Gasteiger partial charge in [0.15, 0.2) is 17.6 Å². The molecule has 1 N–H and O–H groups in total. The van der Waals surface area contributed by atoms with Gasteiger partial charge in [0.05, 0.1) is 5.56 Å². The number of carbonyl (C=O) groups excluding carboxylic acids is 2. The third-order valence-electron chi connectivity index (χ3n) is 3.31. The number of hydrogen-bond acceptors (Lipinski definition) is 6. The summed E-state index contributed by atoms with van der Waals surface area (Å²) in [5.41, 5.74) is 1.32. The molecule has 2 heterocycles. The average molecular weight is 333 g/mol. The number of rotatable bonds is 5. The van der Waals surface area contributed by atoms with Gasteiger partial charge < -0.3 is 19.5 Å². The molecule has 6 nitrogen and oxygen atoms in total. The molecule has 1 aromatic carbocycles. The Morgan fingerprint density at radius 1 is 1.30 bits per heavy atom. The fourth-order valence-corrected chi connectivity index (χ4v) is 2.67. The number of fused-ring (bicyclic) bond motifs is 1. The molecule has 0 aliphatic carbocycles. The Bertz CT molecular complexity index is 713. The topological polar surface area (TPSA) is 73.9 Å². The van der Waals surface area contributed by atoms with E-state index in [0.29, 0.717) is 23.6 Å². The van der Waals surface area contributed by atoms with Gasteiger partial charge in [0.1, 0.15) is 0 Å². The van der Waals surface area contributed by atoms with Gasteiger partial charge in [-0.2, -0.15) is 11.3 Å². The quantitative estimate of drug-likeness (QED) is 0.850. The van der Waals surface area contributed by atoms with E-state index in [1.54, 1.807) is 29.8 Å². The number of hydrogen-bond donors (Lipinski definition) is 1. The van der Waals surface area contributed by atoms with Crippen LogP contribution in [-0.4, -0.2) is 24.8 Å². The predicted molar refractivity (Wildman–Crippen MR) is 83.6 cm³/mol. The Labute approximate surface area is 137 Å². The summed E-state index contributed by atoms with van der Waals surface area (Å²) >= 11 is 1.40.